The highest BCUT2D eigenvalue weighted by Gasteiger charge is 2.55. The molecule has 236 valence electrons. The molecule has 1 saturated heterocycles. The second kappa shape index (κ2) is 14.0. The van der Waals surface area contributed by atoms with Crippen LogP contribution in [0.3, 0.4) is 0 Å². The molecule has 0 radical (unpaired) electrons. The smallest absolute Gasteiger partial charge is 0.326 e. The van der Waals surface area contributed by atoms with E-state index in [0.717, 1.165) is 4.90 Å². The summed E-state index contributed by atoms with van der Waals surface area (Å²) < 4.78 is 6.14. The number of carbonyl (C=O) groups is 5. The zero-order chi connectivity index (χ0) is 31.9. The molecular formula is C32H41N5O7. The van der Waals surface area contributed by atoms with Gasteiger partial charge in [0.1, 0.15) is 29.1 Å². The van der Waals surface area contributed by atoms with Gasteiger partial charge in [0, 0.05) is 18.8 Å². The van der Waals surface area contributed by atoms with Crippen molar-refractivity contribution < 1.29 is 33.8 Å². The number of hydrogen-bond donors (Lipinski definition) is 3. The number of carbonyl (C=O) groups excluding carboxylic acids is 4. The number of hydrogen-bond acceptors (Lipinski definition) is 8. The summed E-state index contributed by atoms with van der Waals surface area (Å²) in [5.74, 6) is -2.95. The number of fused-ring (bicyclic) bond motifs is 1. The molecule has 3 amide bonds. The van der Waals surface area contributed by atoms with Crippen molar-refractivity contribution in [1.82, 2.24) is 25.5 Å². The molecule has 1 aromatic heterocycles. The number of aliphatic carboxylic acids is 1. The Hall–Kier alpha value is -4.35. The second-order valence-corrected chi connectivity index (χ2v) is 12.7. The summed E-state index contributed by atoms with van der Waals surface area (Å²) in [4.78, 5) is 72.6. The van der Waals surface area contributed by atoms with Crippen molar-refractivity contribution >= 4 is 29.5 Å². The maximum Gasteiger partial charge on any atom is 0.326 e. The molecule has 3 heterocycles. The number of aromatic nitrogens is 2. The molecule has 1 spiro atoms. The number of ether oxygens (including phenoxy) is 1. The van der Waals surface area contributed by atoms with Gasteiger partial charge in [-0.25, -0.2) is 9.78 Å². The lowest BCUT2D eigenvalue weighted by Gasteiger charge is -2.36. The van der Waals surface area contributed by atoms with Gasteiger partial charge in [-0.2, -0.15) is 0 Å². The number of benzene rings is 1. The van der Waals surface area contributed by atoms with Crippen LogP contribution in [0.15, 0.2) is 42.9 Å². The lowest BCUT2D eigenvalue weighted by molar-refractivity contribution is -0.150. The van der Waals surface area contributed by atoms with Gasteiger partial charge in [-0.15, -0.1) is 0 Å². The Morgan fingerprint density at radius 3 is 2.32 bits per heavy atom. The number of para-hydroxylation sites is 1. The standard InChI is InChI=1S/C26H29N5O7.C6H12/c1-25(2,3)21(30-20(33)13-29-22(34)16-12-27-8-9-28-16)23(35)31-14-26(10-17(31)24(36)37)11-18(32)15-6-4-5-7-19(15)38-26;1-2-4-6-5-3-1/h4-9,12,17,21H,10-11,13-14H2,1-3H3,(H,29,34)(H,30,33)(H,36,37);1-6H2. The third-order valence-electron chi connectivity index (χ3n) is 8.09. The Labute approximate surface area is 257 Å². The molecule has 1 aliphatic carbocycles. The van der Waals surface area contributed by atoms with Crippen LogP contribution < -0.4 is 15.4 Å². The van der Waals surface area contributed by atoms with Gasteiger partial charge in [-0.05, 0) is 17.5 Å². The molecule has 12 heteroatoms. The van der Waals surface area contributed by atoms with Gasteiger partial charge in [0.25, 0.3) is 5.91 Å². The molecule has 3 aliphatic rings. The fourth-order valence-electron chi connectivity index (χ4n) is 5.80. The Morgan fingerprint density at radius 2 is 1.73 bits per heavy atom. The van der Waals surface area contributed by atoms with E-state index in [1.807, 2.05) is 0 Å². The molecular weight excluding hydrogens is 566 g/mol. The van der Waals surface area contributed by atoms with Gasteiger partial charge in [-0.1, -0.05) is 71.4 Å². The van der Waals surface area contributed by atoms with Crippen molar-refractivity contribution in [3.63, 3.8) is 0 Å². The van der Waals surface area contributed by atoms with Crippen LogP contribution in [-0.2, 0) is 14.4 Å². The number of carboxylic acids is 1. The summed E-state index contributed by atoms with van der Waals surface area (Å²) in [5, 5.41) is 15.0. The summed E-state index contributed by atoms with van der Waals surface area (Å²) in [5.41, 5.74) is -1.56. The van der Waals surface area contributed by atoms with Gasteiger partial charge in [0.2, 0.25) is 11.8 Å². The maximum atomic E-state index is 13.8. The minimum atomic E-state index is -1.25. The number of amides is 3. The number of nitrogens with zero attached hydrogens (tertiary/aromatic N) is 3. The highest BCUT2D eigenvalue weighted by Crippen LogP contribution is 2.41. The molecule has 3 N–H and O–H groups in total. The van der Waals surface area contributed by atoms with E-state index < -0.39 is 53.3 Å². The zero-order valence-electron chi connectivity index (χ0n) is 25.5. The quantitative estimate of drug-likeness (QED) is 0.447. The monoisotopic (exact) mass is 607 g/mol. The first-order valence-electron chi connectivity index (χ1n) is 15.1. The fourth-order valence-corrected chi connectivity index (χ4v) is 5.80. The molecule has 2 aromatic rings. The first kappa shape index (κ1) is 32.6. The normalized spacial score (nSPS) is 21.7. The Balaban J connectivity index is 0.000000657. The SMILES string of the molecule is C1CCCCC1.CC(C)(C)C(NC(=O)CNC(=O)c1cnccn1)C(=O)N1CC2(CC(=O)c3ccccc3O2)CC1C(=O)O. The van der Waals surface area contributed by atoms with E-state index in [1.54, 1.807) is 45.0 Å². The zero-order valence-corrected chi connectivity index (χ0v) is 25.5. The number of carboxylic acid groups (broad SMARTS) is 1. The molecule has 3 atom stereocenters. The number of ketones is 1. The summed E-state index contributed by atoms with van der Waals surface area (Å²) in [7, 11) is 0. The molecule has 5 rings (SSSR count). The van der Waals surface area contributed by atoms with Crippen LogP contribution in [0, 0.1) is 5.41 Å². The van der Waals surface area contributed by atoms with Crippen molar-refractivity contribution in [2.45, 2.75) is 89.8 Å². The van der Waals surface area contributed by atoms with E-state index in [0.29, 0.717) is 11.3 Å². The lowest BCUT2D eigenvalue weighted by Crippen LogP contribution is -2.58. The summed E-state index contributed by atoms with van der Waals surface area (Å²) >= 11 is 0. The minimum Gasteiger partial charge on any atom is -0.484 e. The molecule has 1 aromatic carbocycles. The summed E-state index contributed by atoms with van der Waals surface area (Å²) in [6, 6.07) is 4.35. The molecule has 1 saturated carbocycles. The van der Waals surface area contributed by atoms with Crippen LogP contribution in [0.2, 0.25) is 0 Å². The van der Waals surface area contributed by atoms with Gasteiger partial charge < -0.3 is 25.4 Å². The Kier molecular flexibility index (Phi) is 10.3. The molecule has 2 aliphatic heterocycles. The molecule has 44 heavy (non-hydrogen) atoms. The third kappa shape index (κ3) is 7.97. The predicted molar refractivity (Wildman–Crippen MR) is 160 cm³/mol. The predicted octanol–water partition coefficient (Wildman–Crippen LogP) is 3.17. The Morgan fingerprint density at radius 1 is 1.07 bits per heavy atom. The van der Waals surface area contributed by atoms with Gasteiger partial charge in [0.15, 0.2) is 5.78 Å². The minimum absolute atomic E-state index is 0.0269. The highest BCUT2D eigenvalue weighted by molar-refractivity contribution is 6.01. The van der Waals surface area contributed by atoms with Crippen LogP contribution in [0.5, 0.6) is 5.75 Å². The summed E-state index contributed by atoms with van der Waals surface area (Å²) in [6.07, 6.45) is 12.8. The maximum absolute atomic E-state index is 13.8. The Bertz CT molecular complexity index is 1360. The van der Waals surface area contributed by atoms with Gasteiger partial charge >= 0.3 is 5.97 Å². The summed E-state index contributed by atoms with van der Waals surface area (Å²) in [6.45, 7) is 4.62. The van der Waals surface area contributed by atoms with Crippen molar-refractivity contribution in [3.05, 3.63) is 54.1 Å². The fraction of sp³-hybridized carbons (Fsp3) is 0.531. The van der Waals surface area contributed by atoms with Crippen molar-refractivity contribution in [2.75, 3.05) is 13.1 Å². The average Bonchev–Trinajstić information content (AvgIpc) is 3.38. The number of likely N-dealkylation sites (tertiary alicyclic amines) is 1. The van der Waals surface area contributed by atoms with Crippen LogP contribution in [0.25, 0.3) is 0 Å². The van der Waals surface area contributed by atoms with Crippen molar-refractivity contribution in [3.8, 4) is 5.75 Å². The second-order valence-electron chi connectivity index (χ2n) is 12.7. The molecule has 12 nitrogen and oxygen atoms in total. The highest BCUT2D eigenvalue weighted by atomic mass is 16.5. The largest absolute Gasteiger partial charge is 0.484 e. The molecule has 0 bridgehead atoms. The van der Waals surface area contributed by atoms with E-state index in [1.165, 1.54) is 57.1 Å². The topological polar surface area (TPSA) is 168 Å². The lowest BCUT2D eigenvalue weighted by atomic mass is 9.85. The first-order chi connectivity index (χ1) is 20.9. The van der Waals surface area contributed by atoms with E-state index in [4.69, 9.17) is 4.74 Å². The van der Waals surface area contributed by atoms with Crippen LogP contribution in [0.1, 0.15) is 93.0 Å². The van der Waals surface area contributed by atoms with E-state index in [9.17, 15) is 29.1 Å². The number of rotatable bonds is 6. The van der Waals surface area contributed by atoms with Crippen LogP contribution in [-0.4, -0.2) is 80.2 Å². The number of nitrogens with one attached hydrogen (secondary N) is 2. The first-order valence-corrected chi connectivity index (χ1v) is 15.1. The van der Waals surface area contributed by atoms with Crippen molar-refractivity contribution in [1.29, 1.82) is 0 Å². The van der Waals surface area contributed by atoms with Crippen molar-refractivity contribution in [2.24, 2.45) is 5.41 Å². The van der Waals surface area contributed by atoms with Gasteiger partial charge in [-0.3, -0.25) is 24.2 Å². The average molecular weight is 608 g/mol. The van der Waals surface area contributed by atoms with E-state index >= 15 is 0 Å². The number of Topliss-reactive ketones (excluding diaryl/α,β-unsaturated/α-hetero) is 1. The van der Waals surface area contributed by atoms with E-state index in [-0.39, 0.29) is 30.9 Å². The molecule has 3 unspecified atom stereocenters. The van der Waals surface area contributed by atoms with E-state index in [2.05, 4.69) is 20.6 Å². The third-order valence-corrected chi connectivity index (χ3v) is 8.09. The van der Waals surface area contributed by atoms with Crippen LogP contribution in [0.4, 0.5) is 0 Å². The van der Waals surface area contributed by atoms with Gasteiger partial charge in [0.05, 0.1) is 31.3 Å². The molecule has 2 fully saturated rings. The van der Waals surface area contributed by atoms with Crippen LogP contribution >= 0.6 is 0 Å².